The Kier molecular flexibility index (Phi) is 14.4. The van der Waals surface area contributed by atoms with E-state index in [9.17, 15) is 35.9 Å². The quantitative estimate of drug-likeness (QED) is 0.114. The molecule has 0 spiro atoms. The number of nitrogens with zero attached hydrogens (tertiary/aromatic N) is 1. The number of aliphatic carboxylic acids is 1. The molecule has 6 nitrogen and oxygen atoms in total. The first-order chi connectivity index (χ1) is 28.1. The van der Waals surface area contributed by atoms with Crippen molar-refractivity contribution in [1.29, 1.82) is 0 Å². The minimum Gasteiger partial charge on any atom is -0.490 e. The van der Waals surface area contributed by atoms with Gasteiger partial charge >= 0.3 is 18.3 Å². The van der Waals surface area contributed by atoms with Gasteiger partial charge in [0.1, 0.15) is 22.6 Å². The number of carbonyl (C=O) groups is 2. The van der Waals surface area contributed by atoms with Gasteiger partial charge in [-0.15, -0.1) is 0 Å². The van der Waals surface area contributed by atoms with E-state index in [0.29, 0.717) is 55.0 Å². The topological polar surface area (TPSA) is 76.1 Å². The summed E-state index contributed by atoms with van der Waals surface area (Å²) in [6, 6.07) is 16.3. The second kappa shape index (κ2) is 19.3. The Hall–Kier alpha value is -4.48. The molecule has 1 heterocycles. The summed E-state index contributed by atoms with van der Waals surface area (Å²) in [5, 5.41) is 10.2. The lowest BCUT2D eigenvalue weighted by atomic mass is 9.89. The highest BCUT2D eigenvalue weighted by Crippen LogP contribution is 2.45. The van der Waals surface area contributed by atoms with E-state index in [2.05, 4.69) is 13.8 Å². The zero-order valence-electron chi connectivity index (χ0n) is 33.9. The number of carboxylic acids is 1. The number of alkyl halides is 6. The molecule has 12 heteroatoms. The predicted molar refractivity (Wildman–Crippen MR) is 216 cm³/mol. The van der Waals surface area contributed by atoms with Crippen molar-refractivity contribution in [3.63, 3.8) is 0 Å². The van der Waals surface area contributed by atoms with E-state index in [1.54, 1.807) is 35.2 Å². The van der Waals surface area contributed by atoms with Crippen LogP contribution in [0.4, 0.5) is 26.3 Å². The number of hydrogen-bond donors (Lipinski definition) is 1. The van der Waals surface area contributed by atoms with Crippen LogP contribution < -0.4 is 9.47 Å². The molecule has 2 saturated carbocycles. The molecular formula is C47H55F6NO5. The average molecular weight is 828 g/mol. The van der Waals surface area contributed by atoms with Crippen molar-refractivity contribution in [2.45, 2.75) is 141 Å². The maximum absolute atomic E-state index is 14.0. The number of hydrogen-bond acceptors (Lipinski definition) is 4. The van der Waals surface area contributed by atoms with Gasteiger partial charge in [-0.3, -0.25) is 9.59 Å². The Morgan fingerprint density at radius 2 is 1.15 bits per heavy atom. The maximum atomic E-state index is 14.0. The molecule has 3 aliphatic rings. The number of aryl methyl sites for hydroxylation is 1. The number of ether oxygens (including phenoxy) is 2. The number of amides is 1. The van der Waals surface area contributed by atoms with Crippen molar-refractivity contribution in [3.8, 4) is 11.5 Å². The Bertz CT molecular complexity index is 2060. The van der Waals surface area contributed by atoms with Crippen molar-refractivity contribution >= 4 is 33.4 Å². The zero-order valence-corrected chi connectivity index (χ0v) is 33.9. The van der Waals surface area contributed by atoms with Gasteiger partial charge in [0, 0.05) is 25.9 Å². The van der Waals surface area contributed by atoms with Crippen molar-refractivity contribution < 1.29 is 50.5 Å². The highest BCUT2D eigenvalue weighted by Gasteiger charge is 2.39. The molecule has 4 aromatic carbocycles. The van der Waals surface area contributed by atoms with Crippen LogP contribution in [0.15, 0.2) is 60.7 Å². The summed E-state index contributed by atoms with van der Waals surface area (Å²) in [5.74, 6) is 0.276. The summed E-state index contributed by atoms with van der Waals surface area (Å²) in [4.78, 5) is 24.3. The molecule has 0 unspecified atom stereocenters. The lowest BCUT2D eigenvalue weighted by Crippen LogP contribution is -2.25. The summed E-state index contributed by atoms with van der Waals surface area (Å²) < 4.78 is 95.9. The Balaban J connectivity index is 0.000000198. The van der Waals surface area contributed by atoms with Crippen LogP contribution in [0, 0.1) is 11.8 Å². The second-order valence-corrected chi connectivity index (χ2v) is 16.8. The standard InChI is InChI=1S/C24H29F3O3.C23H26F3NO2/c1-16-10-12-18(13-11-16)30-21-15-14-19-17(6-3-2-4-9-22(28)29)7-5-8-20(19)23(21)24(25,26)27;1-15-7-9-17(10-8-15)29-20-12-11-18-16(14-27-13-3-6-21(27)28)4-2-5-19(18)22(20)23(24,25)26/h5,7-8,14-16,18H,2-4,6,9-13H2,1H3,(H,28,29);2,4-5,11-12,15,17H,3,6-10,13-14H2,1H3. The number of carboxylic acid groups (broad SMARTS) is 1. The van der Waals surface area contributed by atoms with Crippen LogP contribution in [0.5, 0.6) is 11.5 Å². The SMILES string of the molecule is CC1CCC(Oc2ccc3c(CCCCCC(=O)O)cccc3c2C(F)(F)F)CC1.CC1CCC(Oc2ccc3c(CN4CCCC4=O)cccc3c2C(F)(F)F)CC1. The van der Waals surface area contributed by atoms with Crippen LogP contribution in [0.3, 0.4) is 0 Å². The van der Waals surface area contributed by atoms with E-state index < -0.39 is 29.4 Å². The molecule has 1 amide bonds. The van der Waals surface area contributed by atoms with Crippen LogP contribution in [0.25, 0.3) is 21.5 Å². The van der Waals surface area contributed by atoms with Crippen molar-refractivity contribution in [3.05, 3.63) is 82.9 Å². The average Bonchev–Trinajstić information content (AvgIpc) is 3.59. The highest BCUT2D eigenvalue weighted by molar-refractivity contribution is 5.92. The molecule has 0 aromatic heterocycles. The van der Waals surface area contributed by atoms with Gasteiger partial charge in [-0.2, -0.15) is 26.3 Å². The van der Waals surface area contributed by atoms with Crippen LogP contribution in [0.2, 0.25) is 0 Å². The monoisotopic (exact) mass is 827 g/mol. The molecule has 2 aliphatic carbocycles. The van der Waals surface area contributed by atoms with Crippen LogP contribution in [-0.2, 0) is 34.9 Å². The number of benzene rings is 4. The van der Waals surface area contributed by atoms with Crippen molar-refractivity contribution in [2.24, 2.45) is 11.8 Å². The van der Waals surface area contributed by atoms with E-state index in [-0.39, 0.29) is 46.8 Å². The zero-order chi connectivity index (χ0) is 42.3. The Morgan fingerprint density at radius 1 is 0.661 bits per heavy atom. The summed E-state index contributed by atoms with van der Waals surface area (Å²) in [6.45, 7) is 5.33. The highest BCUT2D eigenvalue weighted by atomic mass is 19.4. The van der Waals surface area contributed by atoms with Gasteiger partial charge in [0.2, 0.25) is 5.91 Å². The van der Waals surface area contributed by atoms with Gasteiger partial charge in [0.05, 0.1) is 12.2 Å². The third kappa shape index (κ3) is 11.4. The first-order valence-corrected chi connectivity index (χ1v) is 21.1. The molecule has 3 fully saturated rings. The van der Waals surface area contributed by atoms with E-state index in [1.165, 1.54) is 24.3 Å². The molecule has 1 saturated heterocycles. The second-order valence-electron chi connectivity index (χ2n) is 16.8. The lowest BCUT2D eigenvalue weighted by Gasteiger charge is -2.28. The fourth-order valence-corrected chi connectivity index (χ4v) is 8.84. The first-order valence-electron chi connectivity index (χ1n) is 21.1. The fourth-order valence-electron chi connectivity index (χ4n) is 8.84. The summed E-state index contributed by atoms with van der Waals surface area (Å²) in [7, 11) is 0. The van der Waals surface area contributed by atoms with E-state index >= 15 is 0 Å². The number of rotatable bonds is 12. The van der Waals surface area contributed by atoms with Gasteiger partial charge in [0.25, 0.3) is 0 Å². The van der Waals surface area contributed by atoms with E-state index in [0.717, 1.165) is 81.8 Å². The van der Waals surface area contributed by atoms with Crippen molar-refractivity contribution in [2.75, 3.05) is 6.54 Å². The van der Waals surface area contributed by atoms with Gasteiger partial charge < -0.3 is 19.5 Å². The summed E-state index contributed by atoms with van der Waals surface area (Å²) in [6.07, 6.45) is 1.80. The lowest BCUT2D eigenvalue weighted by molar-refractivity contribution is -0.139. The minimum absolute atomic E-state index is 0.0597. The normalized spacial score (nSPS) is 21.4. The number of likely N-dealkylation sites (tertiary alicyclic amines) is 1. The van der Waals surface area contributed by atoms with Crippen molar-refractivity contribution in [1.82, 2.24) is 4.90 Å². The van der Waals surface area contributed by atoms with E-state index in [1.807, 2.05) is 6.07 Å². The maximum Gasteiger partial charge on any atom is 0.420 e. The molecule has 0 radical (unpaired) electrons. The Morgan fingerprint density at radius 3 is 1.61 bits per heavy atom. The smallest absolute Gasteiger partial charge is 0.420 e. The largest absolute Gasteiger partial charge is 0.490 e. The molecule has 59 heavy (non-hydrogen) atoms. The third-order valence-electron chi connectivity index (χ3n) is 12.2. The van der Waals surface area contributed by atoms with Crippen LogP contribution in [0.1, 0.15) is 126 Å². The minimum atomic E-state index is -4.51. The summed E-state index contributed by atoms with van der Waals surface area (Å²) in [5.41, 5.74) is 0.197. The summed E-state index contributed by atoms with van der Waals surface area (Å²) >= 11 is 0. The van der Waals surface area contributed by atoms with Gasteiger partial charge in [-0.1, -0.05) is 68.8 Å². The molecule has 1 N–H and O–H groups in total. The Labute approximate surface area is 342 Å². The fraction of sp³-hybridized carbons (Fsp3) is 0.532. The van der Waals surface area contributed by atoms with Gasteiger partial charge in [0.15, 0.2) is 0 Å². The first kappa shape index (κ1) is 44.1. The molecule has 0 bridgehead atoms. The molecule has 4 aromatic rings. The molecule has 1 aliphatic heterocycles. The molecule has 320 valence electrons. The molecule has 0 atom stereocenters. The van der Waals surface area contributed by atoms with Crippen LogP contribution >= 0.6 is 0 Å². The number of halogens is 6. The number of unbranched alkanes of at least 4 members (excludes halogenated alkanes) is 2. The third-order valence-corrected chi connectivity index (χ3v) is 12.2. The number of fused-ring (bicyclic) bond motifs is 2. The number of carbonyl (C=O) groups excluding carboxylic acids is 1. The van der Waals surface area contributed by atoms with Gasteiger partial charge in [-0.05, 0) is 134 Å². The van der Waals surface area contributed by atoms with E-state index in [4.69, 9.17) is 14.6 Å². The van der Waals surface area contributed by atoms with Crippen LogP contribution in [-0.4, -0.2) is 40.6 Å². The molecule has 7 rings (SSSR count). The van der Waals surface area contributed by atoms with Gasteiger partial charge in [-0.25, -0.2) is 0 Å². The predicted octanol–water partition coefficient (Wildman–Crippen LogP) is 12.9. The molecular weight excluding hydrogens is 773 g/mol.